The Kier molecular flexibility index (Phi) is 8.16. The molecule has 1 unspecified atom stereocenters. The monoisotopic (exact) mass is 537 g/mol. The van der Waals surface area contributed by atoms with Gasteiger partial charge in [-0.15, -0.1) is 0 Å². The van der Waals surface area contributed by atoms with Crippen LogP contribution in [0, 0.1) is 5.41 Å². The first kappa shape index (κ1) is 28.0. The number of aromatic nitrogens is 5. The van der Waals surface area contributed by atoms with Crippen molar-refractivity contribution in [3.05, 3.63) is 11.3 Å². The van der Waals surface area contributed by atoms with E-state index in [9.17, 15) is 9.59 Å². The van der Waals surface area contributed by atoms with E-state index >= 15 is 0 Å². The second-order valence-corrected chi connectivity index (χ2v) is 10.7. The molecule has 0 aromatic carbocycles. The van der Waals surface area contributed by atoms with Crippen LogP contribution in [0.3, 0.4) is 0 Å². The molecule has 0 aliphatic rings. The molecule has 0 radical (unpaired) electrons. The molecule has 202 valence electrons. The lowest BCUT2D eigenvalue weighted by Gasteiger charge is -2.29. The molecule has 14 heteroatoms. The zero-order chi connectivity index (χ0) is 27.5. The first-order valence-electron chi connectivity index (χ1n) is 11.7. The van der Waals surface area contributed by atoms with Crippen molar-refractivity contribution in [1.82, 2.24) is 24.8 Å². The van der Waals surface area contributed by atoms with Gasteiger partial charge in [-0.3, -0.25) is 5.32 Å². The van der Waals surface area contributed by atoms with Crippen LogP contribution in [0.4, 0.5) is 15.4 Å². The topological polar surface area (TPSA) is 170 Å². The zero-order valence-corrected chi connectivity index (χ0v) is 22.7. The Morgan fingerprint density at radius 2 is 1.92 bits per heavy atom. The zero-order valence-electron chi connectivity index (χ0n) is 21.9. The van der Waals surface area contributed by atoms with Gasteiger partial charge < -0.3 is 24.5 Å². The van der Waals surface area contributed by atoms with Crippen LogP contribution in [-0.4, -0.2) is 55.3 Å². The highest BCUT2D eigenvalue weighted by Crippen LogP contribution is 2.35. The number of ether oxygens (including phenoxy) is 3. The molecule has 0 fully saturated rings. The number of carbonyl (C=O) groups is 2. The number of fused-ring (bicyclic) bond motifs is 1. The molecule has 13 nitrogen and oxygen atoms in total. The number of aryl methyl sites for hydroxylation is 1. The molecule has 2 amide bonds. The normalized spacial score (nSPS) is 12.9. The van der Waals surface area contributed by atoms with E-state index in [2.05, 4.69) is 25.6 Å². The van der Waals surface area contributed by atoms with Gasteiger partial charge in [-0.05, 0) is 43.4 Å². The summed E-state index contributed by atoms with van der Waals surface area (Å²) in [5.41, 5.74) is 5.28. The van der Waals surface area contributed by atoms with Crippen LogP contribution in [0.2, 0.25) is 5.15 Å². The molecule has 0 bridgehead atoms. The van der Waals surface area contributed by atoms with Gasteiger partial charge in [-0.1, -0.05) is 32.4 Å². The minimum absolute atomic E-state index is 0.0300. The van der Waals surface area contributed by atoms with E-state index in [-0.39, 0.29) is 28.7 Å². The lowest BCUT2D eigenvalue weighted by molar-refractivity contribution is 0.0230. The van der Waals surface area contributed by atoms with Crippen molar-refractivity contribution >= 4 is 40.6 Å². The largest absolute Gasteiger partial charge is 0.490 e. The molecule has 0 saturated heterocycles. The van der Waals surface area contributed by atoms with Crippen LogP contribution >= 0.6 is 11.6 Å². The summed E-state index contributed by atoms with van der Waals surface area (Å²) in [6.45, 7) is 13.6. The number of anilines is 1. The lowest BCUT2D eigenvalue weighted by Crippen LogP contribution is -2.35. The summed E-state index contributed by atoms with van der Waals surface area (Å²) < 4.78 is 23.3. The van der Waals surface area contributed by atoms with Gasteiger partial charge in [0.1, 0.15) is 22.7 Å². The number of imidazole rings is 1. The maximum Gasteiger partial charge on any atom is 0.413 e. The Hall–Kier alpha value is -3.61. The van der Waals surface area contributed by atoms with Gasteiger partial charge in [0, 0.05) is 13.0 Å². The van der Waals surface area contributed by atoms with E-state index in [4.69, 9.17) is 36.2 Å². The Morgan fingerprint density at radius 1 is 1.22 bits per heavy atom. The number of carbonyl (C=O) groups excluding carboxylic acids is 2. The smallest absolute Gasteiger partial charge is 0.413 e. The third-order valence-electron chi connectivity index (χ3n) is 5.19. The number of halogens is 1. The molecule has 3 aromatic heterocycles. The van der Waals surface area contributed by atoms with Gasteiger partial charge >= 0.3 is 12.2 Å². The van der Waals surface area contributed by atoms with E-state index in [0.717, 1.165) is 0 Å². The average Bonchev–Trinajstić information content (AvgIpc) is 3.36. The number of hydrogen-bond donors (Lipinski definition) is 2. The van der Waals surface area contributed by atoms with Crippen LogP contribution in [-0.2, 0) is 16.0 Å². The molecule has 3 rings (SSSR count). The summed E-state index contributed by atoms with van der Waals surface area (Å²) in [4.78, 5) is 32.4. The average molecular weight is 538 g/mol. The number of nitrogens with two attached hydrogens (primary N) is 1. The first-order valence-corrected chi connectivity index (χ1v) is 12.1. The van der Waals surface area contributed by atoms with Gasteiger partial charge in [-0.2, -0.15) is 0 Å². The Morgan fingerprint density at radius 3 is 2.51 bits per heavy atom. The van der Waals surface area contributed by atoms with Crippen molar-refractivity contribution in [3.63, 3.8) is 0 Å². The third-order valence-corrected chi connectivity index (χ3v) is 5.47. The van der Waals surface area contributed by atoms with Gasteiger partial charge in [-0.25, -0.2) is 24.2 Å². The van der Waals surface area contributed by atoms with E-state index in [1.165, 1.54) is 6.20 Å². The molecule has 0 spiro atoms. The quantitative estimate of drug-likeness (QED) is 0.381. The minimum atomic E-state index is -0.846. The maximum absolute atomic E-state index is 12.3. The summed E-state index contributed by atoms with van der Waals surface area (Å²) in [6.07, 6.45) is -0.152. The lowest BCUT2D eigenvalue weighted by atomic mass is 9.87. The van der Waals surface area contributed by atoms with Crippen molar-refractivity contribution in [2.75, 3.05) is 11.9 Å². The van der Waals surface area contributed by atoms with E-state index in [1.54, 1.807) is 25.3 Å². The maximum atomic E-state index is 12.3. The highest BCUT2D eigenvalue weighted by Gasteiger charge is 2.29. The second kappa shape index (κ2) is 10.8. The first-order chi connectivity index (χ1) is 17.2. The summed E-state index contributed by atoms with van der Waals surface area (Å²) in [7, 11) is 0. The number of rotatable bonds is 8. The molecule has 3 heterocycles. The van der Waals surface area contributed by atoms with Crippen LogP contribution in [0.1, 0.15) is 54.9 Å². The Bertz CT molecular complexity index is 1280. The molecule has 1 atom stereocenters. The number of nitrogens with zero attached hydrogens (tertiary/aromatic N) is 5. The molecule has 3 N–H and O–H groups in total. The fraction of sp³-hybridized carbons (Fsp3) is 0.565. The molecule has 3 aromatic rings. The van der Waals surface area contributed by atoms with Gasteiger partial charge in [0.25, 0.3) is 0 Å². The van der Waals surface area contributed by atoms with Gasteiger partial charge in [0.15, 0.2) is 22.4 Å². The fourth-order valence-electron chi connectivity index (χ4n) is 3.58. The molecule has 37 heavy (non-hydrogen) atoms. The molecular formula is C23H32ClN7O6. The number of pyridine rings is 1. The molecule has 0 aliphatic carbocycles. The number of primary amides is 1. The number of hydrogen-bond acceptors (Lipinski definition) is 10. The number of amides is 2. The van der Waals surface area contributed by atoms with E-state index in [0.29, 0.717) is 35.6 Å². The summed E-state index contributed by atoms with van der Waals surface area (Å²) in [5.74, 6) is 0.765. The second-order valence-electron chi connectivity index (χ2n) is 10.3. The standard InChI is InChI=1S/C23H32ClN7O6/c1-8-31-16-12(34-10-9-13(22(2,3)4)35-20(25)32)11-26-17(24)14(16)27-19(31)15-18(30-37-29-15)28-21(33)36-23(5,6)7/h11,13H,8-10H2,1-7H3,(H2,25,32)(H,28,30,33). The van der Waals surface area contributed by atoms with Crippen molar-refractivity contribution in [2.24, 2.45) is 11.1 Å². The van der Waals surface area contributed by atoms with Crippen LogP contribution in [0.5, 0.6) is 5.75 Å². The summed E-state index contributed by atoms with van der Waals surface area (Å²) >= 11 is 6.37. The van der Waals surface area contributed by atoms with Crippen LogP contribution < -0.4 is 15.8 Å². The van der Waals surface area contributed by atoms with Crippen molar-refractivity contribution in [3.8, 4) is 17.3 Å². The van der Waals surface area contributed by atoms with Crippen LogP contribution in [0.15, 0.2) is 10.8 Å². The highest BCUT2D eigenvalue weighted by molar-refractivity contribution is 6.34. The van der Waals surface area contributed by atoms with Crippen molar-refractivity contribution in [2.45, 2.75) is 73.1 Å². The van der Waals surface area contributed by atoms with Gasteiger partial charge in [0.2, 0.25) is 5.82 Å². The molecular weight excluding hydrogens is 506 g/mol. The van der Waals surface area contributed by atoms with Crippen molar-refractivity contribution in [1.29, 1.82) is 0 Å². The minimum Gasteiger partial charge on any atom is -0.490 e. The third kappa shape index (κ3) is 6.79. The van der Waals surface area contributed by atoms with E-state index in [1.807, 2.05) is 27.7 Å². The van der Waals surface area contributed by atoms with Crippen LogP contribution in [0.25, 0.3) is 22.6 Å². The highest BCUT2D eigenvalue weighted by atomic mass is 35.5. The van der Waals surface area contributed by atoms with Crippen molar-refractivity contribution < 1.29 is 28.4 Å². The van der Waals surface area contributed by atoms with E-state index < -0.39 is 23.9 Å². The SMILES string of the molecule is CCn1c(-c2nonc2NC(=O)OC(C)(C)C)nc2c(Cl)ncc(OCCC(OC(N)=O)C(C)(C)C)c21. The summed E-state index contributed by atoms with van der Waals surface area (Å²) in [6, 6.07) is 0. The Balaban J connectivity index is 1.94. The predicted octanol–water partition coefficient (Wildman–Crippen LogP) is 4.78. The fourth-order valence-corrected chi connectivity index (χ4v) is 3.76. The molecule has 0 saturated carbocycles. The van der Waals surface area contributed by atoms with Gasteiger partial charge in [0.05, 0.1) is 12.8 Å². The Labute approximate surface area is 218 Å². The predicted molar refractivity (Wildman–Crippen MR) is 135 cm³/mol. The summed E-state index contributed by atoms with van der Waals surface area (Å²) in [5, 5.41) is 10.4. The number of nitrogens with one attached hydrogen (secondary N) is 1. The molecule has 0 aliphatic heterocycles.